The number of hydrogen-bond acceptors (Lipinski definition) is 5. The summed E-state index contributed by atoms with van der Waals surface area (Å²) >= 11 is 0. The van der Waals surface area contributed by atoms with Crippen LogP contribution in [-0.2, 0) is 26.3 Å². The van der Waals surface area contributed by atoms with E-state index >= 15 is 0 Å². The number of aliphatic hydroxyl groups excluding tert-OH is 1. The van der Waals surface area contributed by atoms with Crippen molar-refractivity contribution in [2.24, 2.45) is 0 Å². The topological polar surface area (TPSA) is 88.5 Å². The summed E-state index contributed by atoms with van der Waals surface area (Å²) in [4.78, 5) is -1.50. The molecule has 0 amide bonds. The number of rotatable bonds is 3. The minimum absolute atomic E-state index is 0.00433. The maximum Gasteiger partial charge on any atom is 0.179 e. The Morgan fingerprint density at radius 2 is 1.65 bits per heavy atom. The smallest absolute Gasteiger partial charge is 0.179 e. The highest BCUT2D eigenvalue weighted by molar-refractivity contribution is 7.93. The fraction of sp³-hybridized carbons (Fsp3) is 0.333. The summed E-state index contributed by atoms with van der Waals surface area (Å²) in [6, 6.07) is 1.75. The van der Waals surface area contributed by atoms with Crippen molar-refractivity contribution in [3.8, 4) is 0 Å². The van der Waals surface area contributed by atoms with Crippen LogP contribution in [0.3, 0.4) is 0 Å². The van der Waals surface area contributed by atoms with Crippen molar-refractivity contribution in [2.45, 2.75) is 16.4 Å². The SMILES string of the molecule is CS(=O)(=O)c1cc(CO)cc(F)c1S(C)(=O)=O. The minimum atomic E-state index is -4.01. The standard InChI is InChI=1S/C9H11FO5S2/c1-16(12,13)8-4-6(5-11)3-7(10)9(8)17(2,14)15/h3-4,11H,5H2,1-2H3. The van der Waals surface area contributed by atoms with Crippen molar-refractivity contribution in [1.82, 2.24) is 0 Å². The predicted molar refractivity (Wildman–Crippen MR) is 58.5 cm³/mol. The average Bonchev–Trinajstić information content (AvgIpc) is 2.12. The van der Waals surface area contributed by atoms with Gasteiger partial charge in [-0.05, 0) is 17.7 Å². The van der Waals surface area contributed by atoms with Crippen molar-refractivity contribution < 1.29 is 26.3 Å². The summed E-state index contributed by atoms with van der Waals surface area (Å²) in [5, 5.41) is 8.83. The Labute approximate surface area is 98.7 Å². The van der Waals surface area contributed by atoms with Crippen LogP contribution < -0.4 is 0 Å². The van der Waals surface area contributed by atoms with Crippen LogP contribution in [0.2, 0.25) is 0 Å². The number of benzene rings is 1. The summed E-state index contributed by atoms with van der Waals surface area (Å²) in [7, 11) is -7.91. The minimum Gasteiger partial charge on any atom is -0.392 e. The second-order valence-electron chi connectivity index (χ2n) is 3.61. The molecule has 0 aliphatic rings. The Balaban J connectivity index is 3.83. The Morgan fingerprint density at radius 3 is 2.00 bits per heavy atom. The number of aliphatic hydroxyl groups is 1. The molecule has 0 fully saturated rings. The van der Waals surface area contributed by atoms with Crippen molar-refractivity contribution in [3.05, 3.63) is 23.5 Å². The van der Waals surface area contributed by atoms with Gasteiger partial charge in [0.15, 0.2) is 19.7 Å². The lowest BCUT2D eigenvalue weighted by atomic mass is 10.2. The molecule has 0 heterocycles. The molecule has 1 aromatic rings. The van der Waals surface area contributed by atoms with E-state index in [0.29, 0.717) is 0 Å². The quantitative estimate of drug-likeness (QED) is 0.851. The van der Waals surface area contributed by atoms with Gasteiger partial charge >= 0.3 is 0 Å². The molecule has 0 spiro atoms. The van der Waals surface area contributed by atoms with Crippen LogP contribution in [0.4, 0.5) is 4.39 Å². The fourth-order valence-electron chi connectivity index (χ4n) is 1.35. The summed E-state index contributed by atoms with van der Waals surface area (Å²) in [6.45, 7) is -0.580. The summed E-state index contributed by atoms with van der Waals surface area (Å²) in [5.74, 6) is -1.18. The highest BCUT2D eigenvalue weighted by atomic mass is 32.2. The van der Waals surface area contributed by atoms with Crippen LogP contribution in [0.1, 0.15) is 5.56 Å². The number of hydrogen-bond donors (Lipinski definition) is 1. The highest BCUT2D eigenvalue weighted by Gasteiger charge is 2.25. The molecule has 0 saturated carbocycles. The lowest BCUT2D eigenvalue weighted by Gasteiger charge is -2.09. The van der Waals surface area contributed by atoms with Crippen LogP contribution in [0.5, 0.6) is 0 Å². The van der Waals surface area contributed by atoms with Crippen LogP contribution in [0, 0.1) is 5.82 Å². The van der Waals surface area contributed by atoms with E-state index in [1.807, 2.05) is 0 Å². The summed E-state index contributed by atoms with van der Waals surface area (Å²) in [6.07, 6.45) is 1.50. The third-order valence-electron chi connectivity index (χ3n) is 2.02. The van der Waals surface area contributed by atoms with Gasteiger partial charge in [-0.15, -0.1) is 0 Å². The molecular formula is C9H11FO5S2. The average molecular weight is 282 g/mol. The molecule has 0 unspecified atom stereocenters. The monoisotopic (exact) mass is 282 g/mol. The van der Waals surface area contributed by atoms with Gasteiger partial charge in [0.05, 0.1) is 11.5 Å². The van der Waals surface area contributed by atoms with Crippen molar-refractivity contribution in [1.29, 1.82) is 0 Å². The Kier molecular flexibility index (Phi) is 3.60. The molecular weight excluding hydrogens is 271 g/mol. The van der Waals surface area contributed by atoms with Crippen LogP contribution >= 0.6 is 0 Å². The van der Waals surface area contributed by atoms with Gasteiger partial charge in [0.1, 0.15) is 10.7 Å². The first-order valence-electron chi connectivity index (χ1n) is 4.40. The summed E-state index contributed by atoms with van der Waals surface area (Å²) in [5.41, 5.74) is -0.00433. The van der Waals surface area contributed by atoms with E-state index < -0.39 is 41.9 Å². The Bertz CT molecular complexity index is 646. The third kappa shape index (κ3) is 3.02. The van der Waals surface area contributed by atoms with Crippen molar-refractivity contribution >= 4 is 19.7 Å². The second-order valence-corrected chi connectivity index (χ2v) is 7.54. The molecule has 17 heavy (non-hydrogen) atoms. The number of halogens is 1. The maximum atomic E-state index is 13.6. The predicted octanol–water partition coefficient (Wildman–Crippen LogP) is 0.125. The molecule has 0 aliphatic heterocycles. The molecule has 0 radical (unpaired) electrons. The third-order valence-corrected chi connectivity index (χ3v) is 4.43. The maximum absolute atomic E-state index is 13.6. The molecule has 8 heteroatoms. The lowest BCUT2D eigenvalue weighted by molar-refractivity contribution is 0.280. The van der Waals surface area contributed by atoms with Gasteiger partial charge in [-0.1, -0.05) is 0 Å². The first-order valence-corrected chi connectivity index (χ1v) is 8.19. The van der Waals surface area contributed by atoms with E-state index in [-0.39, 0.29) is 5.56 Å². The van der Waals surface area contributed by atoms with Gasteiger partial charge in [0, 0.05) is 12.5 Å². The molecule has 5 nitrogen and oxygen atoms in total. The van der Waals surface area contributed by atoms with Gasteiger partial charge in [0.25, 0.3) is 0 Å². The molecule has 1 rings (SSSR count). The second kappa shape index (κ2) is 4.35. The van der Waals surface area contributed by atoms with E-state index in [0.717, 1.165) is 24.6 Å². The molecule has 0 saturated heterocycles. The zero-order valence-corrected chi connectivity index (χ0v) is 10.8. The zero-order valence-electron chi connectivity index (χ0n) is 9.14. The molecule has 96 valence electrons. The van der Waals surface area contributed by atoms with Gasteiger partial charge in [-0.25, -0.2) is 21.2 Å². The Hall–Kier alpha value is -0.990. The summed E-state index contributed by atoms with van der Waals surface area (Å²) < 4.78 is 59.1. The van der Waals surface area contributed by atoms with Gasteiger partial charge < -0.3 is 5.11 Å². The van der Waals surface area contributed by atoms with E-state index in [1.54, 1.807) is 0 Å². The highest BCUT2D eigenvalue weighted by Crippen LogP contribution is 2.25. The van der Waals surface area contributed by atoms with E-state index in [9.17, 15) is 21.2 Å². The largest absolute Gasteiger partial charge is 0.392 e. The molecule has 1 N–H and O–H groups in total. The normalized spacial score (nSPS) is 12.7. The van der Waals surface area contributed by atoms with Crippen LogP contribution in [0.15, 0.2) is 21.9 Å². The zero-order chi connectivity index (χ0) is 13.4. The van der Waals surface area contributed by atoms with Crippen LogP contribution in [0.25, 0.3) is 0 Å². The van der Waals surface area contributed by atoms with Crippen molar-refractivity contribution in [3.63, 3.8) is 0 Å². The van der Waals surface area contributed by atoms with Gasteiger partial charge in [-0.3, -0.25) is 0 Å². The first-order chi connectivity index (χ1) is 7.57. The fourth-order valence-corrected chi connectivity index (χ4v) is 3.89. The lowest BCUT2D eigenvalue weighted by Crippen LogP contribution is -2.11. The van der Waals surface area contributed by atoms with Crippen molar-refractivity contribution in [2.75, 3.05) is 12.5 Å². The molecule has 1 aromatic carbocycles. The molecule has 0 bridgehead atoms. The van der Waals surface area contributed by atoms with E-state index in [2.05, 4.69) is 0 Å². The molecule has 0 aromatic heterocycles. The van der Waals surface area contributed by atoms with E-state index in [4.69, 9.17) is 5.11 Å². The molecule has 0 aliphatic carbocycles. The Morgan fingerprint density at radius 1 is 1.12 bits per heavy atom. The number of sulfone groups is 2. The van der Waals surface area contributed by atoms with Gasteiger partial charge in [0.2, 0.25) is 0 Å². The van der Waals surface area contributed by atoms with Gasteiger partial charge in [-0.2, -0.15) is 0 Å². The first kappa shape index (κ1) is 14.1. The molecule has 0 atom stereocenters. The van der Waals surface area contributed by atoms with E-state index in [1.165, 1.54) is 0 Å². The van der Waals surface area contributed by atoms with Crippen LogP contribution in [-0.4, -0.2) is 34.5 Å².